The molecule has 3 aromatic heterocycles. The lowest BCUT2D eigenvalue weighted by Crippen LogP contribution is -2.34. The first-order valence-corrected chi connectivity index (χ1v) is 12.1. The number of rotatable bonds is 9. The van der Waals surface area contributed by atoms with Crippen molar-refractivity contribution in [3.05, 3.63) is 51.7 Å². The maximum absolute atomic E-state index is 13.5. The molecule has 12 heteroatoms. The number of nitrogens with zero attached hydrogens (tertiary/aromatic N) is 6. The van der Waals surface area contributed by atoms with E-state index in [2.05, 4.69) is 44.1 Å². The van der Waals surface area contributed by atoms with E-state index in [4.69, 9.17) is 17.3 Å². The van der Waals surface area contributed by atoms with Crippen molar-refractivity contribution in [3.63, 3.8) is 0 Å². The molecule has 4 N–H and O–H groups in total. The van der Waals surface area contributed by atoms with Gasteiger partial charge in [0.1, 0.15) is 5.15 Å². The topological polar surface area (TPSA) is 138 Å². The number of nitrogens with two attached hydrogens (primary N) is 1. The van der Waals surface area contributed by atoms with Gasteiger partial charge in [0.05, 0.1) is 28.9 Å². The largest absolute Gasteiger partial charge is 0.368 e. The number of aryl methyl sites for hydroxylation is 1. The standard InChI is InChI=1S/C24H30ClN9O2/c1-5-33(6-2)10-8-27-22(35)17-12-28-18(14(17)3)11-16-19-20(25)29-24(26)30-21(19)34(23(16)36)13-15-7-9-32(4)31-15/h7,9,11-12,28H,5-6,8,10,13H2,1-4H3,(H,27,35)(H2,26,29,30)/b16-11-. The number of aromatic nitrogens is 5. The summed E-state index contributed by atoms with van der Waals surface area (Å²) in [5.41, 5.74) is 9.07. The first-order chi connectivity index (χ1) is 17.2. The second-order valence-corrected chi connectivity index (χ2v) is 8.88. The van der Waals surface area contributed by atoms with E-state index in [1.54, 1.807) is 30.2 Å². The van der Waals surface area contributed by atoms with Crippen LogP contribution in [0.1, 0.15) is 46.7 Å². The molecular formula is C24H30ClN9O2. The third-order valence-electron chi connectivity index (χ3n) is 6.27. The molecule has 0 saturated carbocycles. The van der Waals surface area contributed by atoms with Gasteiger partial charge in [-0.25, -0.2) is 4.98 Å². The van der Waals surface area contributed by atoms with Crippen molar-refractivity contribution in [1.82, 2.24) is 34.9 Å². The summed E-state index contributed by atoms with van der Waals surface area (Å²) in [4.78, 5) is 41.5. The average Bonchev–Trinajstić information content (AvgIpc) is 3.49. The van der Waals surface area contributed by atoms with Gasteiger partial charge < -0.3 is 20.9 Å². The smallest absolute Gasteiger partial charge is 0.260 e. The van der Waals surface area contributed by atoms with Crippen LogP contribution in [0, 0.1) is 6.92 Å². The van der Waals surface area contributed by atoms with Crippen LogP contribution in [0.25, 0.3) is 11.6 Å². The molecule has 0 aromatic carbocycles. The van der Waals surface area contributed by atoms with Crippen molar-refractivity contribution in [2.75, 3.05) is 36.8 Å². The highest BCUT2D eigenvalue weighted by Crippen LogP contribution is 2.41. The molecule has 0 aliphatic carbocycles. The van der Waals surface area contributed by atoms with Gasteiger partial charge in [-0.15, -0.1) is 0 Å². The van der Waals surface area contributed by atoms with E-state index in [9.17, 15) is 9.59 Å². The van der Waals surface area contributed by atoms with Gasteiger partial charge in [0.15, 0.2) is 5.82 Å². The highest BCUT2D eigenvalue weighted by molar-refractivity contribution is 6.41. The fraction of sp³-hybridized carbons (Fsp3) is 0.375. The van der Waals surface area contributed by atoms with E-state index in [1.165, 1.54) is 4.90 Å². The quantitative estimate of drug-likeness (QED) is 0.296. The summed E-state index contributed by atoms with van der Waals surface area (Å²) in [5, 5.41) is 7.40. The molecule has 1 aliphatic rings. The number of carbonyl (C=O) groups excluding carboxylic acids is 2. The van der Waals surface area contributed by atoms with Gasteiger partial charge in [-0.1, -0.05) is 25.4 Å². The number of carbonyl (C=O) groups is 2. The number of nitrogens with one attached hydrogen (secondary N) is 2. The minimum atomic E-state index is -0.309. The number of hydrogen-bond donors (Lipinski definition) is 3. The van der Waals surface area contributed by atoms with Crippen molar-refractivity contribution in [1.29, 1.82) is 0 Å². The van der Waals surface area contributed by atoms with Gasteiger partial charge >= 0.3 is 0 Å². The number of hydrogen-bond acceptors (Lipinski definition) is 7. The molecule has 0 spiro atoms. The molecule has 36 heavy (non-hydrogen) atoms. The van der Waals surface area contributed by atoms with E-state index >= 15 is 0 Å². The number of likely N-dealkylation sites (N-methyl/N-ethyl adjacent to an activating group) is 1. The summed E-state index contributed by atoms with van der Waals surface area (Å²) in [6.45, 7) is 9.38. The van der Waals surface area contributed by atoms with Crippen molar-refractivity contribution in [3.8, 4) is 0 Å². The Kier molecular flexibility index (Phi) is 7.41. The minimum Gasteiger partial charge on any atom is -0.368 e. The summed E-state index contributed by atoms with van der Waals surface area (Å²) in [5.74, 6) is -0.187. The SMILES string of the molecule is CCN(CC)CCNC(=O)c1c[nH]c(/C=C2\C(=O)N(Cc3ccn(C)n3)c3nc(N)nc(Cl)c32)c1C. The highest BCUT2D eigenvalue weighted by atomic mass is 35.5. The Morgan fingerprint density at radius 2 is 2.06 bits per heavy atom. The molecule has 4 heterocycles. The second-order valence-electron chi connectivity index (χ2n) is 8.53. The Labute approximate surface area is 214 Å². The molecule has 0 bridgehead atoms. The second kappa shape index (κ2) is 10.5. The summed E-state index contributed by atoms with van der Waals surface area (Å²) >= 11 is 6.43. The molecule has 0 radical (unpaired) electrons. The monoisotopic (exact) mass is 511 g/mol. The molecule has 2 amide bonds. The average molecular weight is 512 g/mol. The Morgan fingerprint density at radius 3 is 2.72 bits per heavy atom. The lowest BCUT2D eigenvalue weighted by molar-refractivity contribution is -0.113. The van der Waals surface area contributed by atoms with Crippen LogP contribution in [0.2, 0.25) is 5.15 Å². The molecule has 4 rings (SSSR count). The van der Waals surface area contributed by atoms with Crippen LogP contribution in [0.5, 0.6) is 0 Å². The van der Waals surface area contributed by atoms with Gasteiger partial charge in [0.2, 0.25) is 5.95 Å². The zero-order valence-corrected chi connectivity index (χ0v) is 21.6. The van der Waals surface area contributed by atoms with Crippen molar-refractivity contribution < 1.29 is 9.59 Å². The molecular weight excluding hydrogens is 482 g/mol. The van der Waals surface area contributed by atoms with Crippen LogP contribution in [0.15, 0.2) is 18.5 Å². The lowest BCUT2D eigenvalue weighted by atomic mass is 10.1. The van der Waals surface area contributed by atoms with Gasteiger partial charge in [0, 0.05) is 38.2 Å². The summed E-state index contributed by atoms with van der Waals surface area (Å²) in [6.07, 6.45) is 5.11. The van der Waals surface area contributed by atoms with Crippen LogP contribution in [-0.2, 0) is 18.4 Å². The molecule has 190 valence electrons. The normalized spacial score (nSPS) is 14.2. The number of anilines is 2. The predicted octanol–water partition coefficient (Wildman–Crippen LogP) is 2.24. The first kappa shape index (κ1) is 25.4. The molecule has 0 unspecified atom stereocenters. The summed E-state index contributed by atoms with van der Waals surface area (Å²) in [7, 11) is 1.80. The zero-order valence-electron chi connectivity index (χ0n) is 20.8. The maximum Gasteiger partial charge on any atom is 0.260 e. The van der Waals surface area contributed by atoms with E-state index < -0.39 is 0 Å². The van der Waals surface area contributed by atoms with E-state index in [0.29, 0.717) is 46.0 Å². The number of aromatic amines is 1. The molecule has 0 saturated heterocycles. The Bertz CT molecular complexity index is 1320. The van der Waals surface area contributed by atoms with Crippen molar-refractivity contribution in [2.45, 2.75) is 27.3 Å². The van der Waals surface area contributed by atoms with Crippen LogP contribution in [-0.4, -0.2) is 67.6 Å². The van der Waals surface area contributed by atoms with Crippen LogP contribution in [0.4, 0.5) is 11.8 Å². The van der Waals surface area contributed by atoms with E-state index in [-0.39, 0.29) is 29.5 Å². The number of nitrogen functional groups attached to an aromatic ring is 1. The lowest BCUT2D eigenvalue weighted by Gasteiger charge is -2.17. The summed E-state index contributed by atoms with van der Waals surface area (Å²) < 4.78 is 1.66. The van der Waals surface area contributed by atoms with E-state index in [0.717, 1.165) is 19.6 Å². The van der Waals surface area contributed by atoms with Gasteiger partial charge in [-0.3, -0.25) is 19.2 Å². The predicted molar refractivity (Wildman–Crippen MR) is 139 cm³/mol. The maximum atomic E-state index is 13.5. The highest BCUT2D eigenvalue weighted by Gasteiger charge is 2.37. The molecule has 0 atom stereocenters. The van der Waals surface area contributed by atoms with Crippen LogP contribution >= 0.6 is 11.6 Å². The fourth-order valence-corrected chi connectivity index (χ4v) is 4.48. The summed E-state index contributed by atoms with van der Waals surface area (Å²) in [6, 6.07) is 1.82. The fourth-order valence-electron chi connectivity index (χ4n) is 4.21. The first-order valence-electron chi connectivity index (χ1n) is 11.8. The van der Waals surface area contributed by atoms with Gasteiger partial charge in [-0.2, -0.15) is 10.1 Å². The number of halogens is 1. The van der Waals surface area contributed by atoms with Crippen molar-refractivity contribution in [2.24, 2.45) is 7.05 Å². The third kappa shape index (κ3) is 4.98. The van der Waals surface area contributed by atoms with E-state index in [1.807, 2.05) is 13.0 Å². The molecule has 3 aromatic rings. The van der Waals surface area contributed by atoms with Gasteiger partial charge in [-0.05, 0) is 37.7 Å². The molecule has 0 fully saturated rings. The Morgan fingerprint density at radius 1 is 1.31 bits per heavy atom. The molecule has 11 nitrogen and oxygen atoms in total. The molecule has 1 aliphatic heterocycles. The zero-order chi connectivity index (χ0) is 26.0. The Balaban J connectivity index is 1.62. The minimum absolute atomic E-state index is 0.0291. The van der Waals surface area contributed by atoms with Crippen LogP contribution in [0.3, 0.4) is 0 Å². The number of amides is 2. The number of fused-ring (bicyclic) bond motifs is 1. The van der Waals surface area contributed by atoms with Crippen molar-refractivity contribution >= 4 is 46.8 Å². The van der Waals surface area contributed by atoms with Crippen LogP contribution < -0.4 is 16.0 Å². The Hall–Kier alpha value is -3.70. The van der Waals surface area contributed by atoms with Gasteiger partial charge in [0.25, 0.3) is 11.8 Å². The third-order valence-corrected chi connectivity index (χ3v) is 6.55. The number of H-pyrrole nitrogens is 1.